The molecular formula is C32H36N6O2. The number of nitrogens with one attached hydrogen (secondary N) is 2. The quantitative estimate of drug-likeness (QED) is 0.268. The normalized spacial score (nSPS) is 15.6. The van der Waals surface area contributed by atoms with Crippen molar-refractivity contribution in [1.82, 2.24) is 14.9 Å². The molecule has 1 aromatic heterocycles. The molecule has 1 aliphatic heterocycles. The fraction of sp³-hybridized carbons (Fsp3) is 0.312. The summed E-state index contributed by atoms with van der Waals surface area (Å²) in [5.41, 5.74) is 6.00. The predicted octanol–water partition coefficient (Wildman–Crippen LogP) is 5.75. The summed E-state index contributed by atoms with van der Waals surface area (Å²) in [5, 5.41) is 11.9. The van der Waals surface area contributed by atoms with Crippen molar-refractivity contribution < 1.29 is 9.59 Å². The van der Waals surface area contributed by atoms with Crippen LogP contribution in [-0.2, 0) is 0 Å². The summed E-state index contributed by atoms with van der Waals surface area (Å²) < 4.78 is 0. The first-order valence-corrected chi connectivity index (χ1v) is 13.7. The van der Waals surface area contributed by atoms with Crippen LogP contribution in [0.15, 0.2) is 72.1 Å². The van der Waals surface area contributed by atoms with Gasteiger partial charge in [-0.25, -0.2) is 4.98 Å². The zero-order valence-electron chi connectivity index (χ0n) is 23.4. The highest BCUT2D eigenvalue weighted by molar-refractivity contribution is 6.05. The Kier molecular flexibility index (Phi) is 7.96. The number of hydrogen-bond acceptors (Lipinski definition) is 6. The van der Waals surface area contributed by atoms with Gasteiger partial charge in [-0.1, -0.05) is 30.3 Å². The van der Waals surface area contributed by atoms with Crippen molar-refractivity contribution in [2.75, 3.05) is 30.8 Å². The number of hydrogen-bond donors (Lipinski definition) is 2. The molecule has 3 aromatic rings. The van der Waals surface area contributed by atoms with Gasteiger partial charge in [-0.3, -0.25) is 14.6 Å². The number of allylic oxidation sites excluding steroid dienone is 1. The molecule has 40 heavy (non-hydrogen) atoms. The van der Waals surface area contributed by atoms with Gasteiger partial charge in [0.1, 0.15) is 5.82 Å². The topological polar surface area (TPSA) is 89.9 Å². The van der Waals surface area contributed by atoms with Gasteiger partial charge in [0.05, 0.1) is 5.56 Å². The standard InChI is InChI=1S/C32H36N6O2/c1-21-8-9-25(16-29(21)36-31(39)26-14-15-30(34-17-26)35-28-6-5-7-28)32(40)38-19-27(20-38)24-12-10-23(11-13-24)22(2)18-37(4)33-3/h8-18,27-28H,3,5-7,19-20H2,1-2,4H3,(H,34,35)(H,36,39)/b22-18+. The van der Waals surface area contributed by atoms with Crippen LogP contribution in [0, 0.1) is 6.92 Å². The first-order chi connectivity index (χ1) is 19.3. The maximum absolute atomic E-state index is 13.2. The van der Waals surface area contributed by atoms with Crippen molar-refractivity contribution in [3.8, 4) is 0 Å². The molecule has 5 rings (SSSR count). The van der Waals surface area contributed by atoms with Gasteiger partial charge in [0.2, 0.25) is 0 Å². The van der Waals surface area contributed by atoms with E-state index in [2.05, 4.69) is 51.7 Å². The molecule has 1 saturated heterocycles. The molecule has 8 heteroatoms. The SMILES string of the molecule is C=NN(C)/C=C(\C)c1ccc(C2CN(C(=O)c3ccc(C)c(NC(=O)c4ccc(NC5CCC5)nc4)c3)C2)cc1. The van der Waals surface area contributed by atoms with Crippen molar-refractivity contribution in [1.29, 1.82) is 0 Å². The highest BCUT2D eigenvalue weighted by atomic mass is 16.2. The lowest BCUT2D eigenvalue weighted by Crippen LogP contribution is -2.48. The second-order valence-corrected chi connectivity index (χ2v) is 10.7. The molecule has 8 nitrogen and oxygen atoms in total. The van der Waals surface area contributed by atoms with E-state index in [9.17, 15) is 9.59 Å². The number of carbonyl (C=O) groups is 2. The van der Waals surface area contributed by atoms with E-state index >= 15 is 0 Å². The lowest BCUT2D eigenvalue weighted by molar-refractivity contribution is 0.0602. The maximum atomic E-state index is 13.2. The van der Waals surface area contributed by atoms with Gasteiger partial charge >= 0.3 is 0 Å². The number of hydrazone groups is 1. The number of nitrogens with zero attached hydrogens (tertiary/aromatic N) is 4. The highest BCUT2D eigenvalue weighted by Gasteiger charge is 2.32. The Morgan fingerprint density at radius 1 is 1.05 bits per heavy atom. The first-order valence-electron chi connectivity index (χ1n) is 13.7. The summed E-state index contributed by atoms with van der Waals surface area (Å²) in [7, 11) is 1.85. The summed E-state index contributed by atoms with van der Waals surface area (Å²) >= 11 is 0. The number of carbonyl (C=O) groups excluding carboxylic acids is 2. The minimum Gasteiger partial charge on any atom is -0.367 e. The minimum absolute atomic E-state index is 0.0322. The van der Waals surface area contributed by atoms with Gasteiger partial charge in [0.15, 0.2) is 0 Å². The summed E-state index contributed by atoms with van der Waals surface area (Å²) in [4.78, 5) is 32.4. The average molecular weight is 537 g/mol. The van der Waals surface area contributed by atoms with Crippen molar-refractivity contribution in [3.63, 3.8) is 0 Å². The van der Waals surface area contributed by atoms with Crippen LogP contribution in [0.5, 0.6) is 0 Å². The molecule has 2 fully saturated rings. The molecule has 2 aromatic carbocycles. The Morgan fingerprint density at radius 3 is 2.38 bits per heavy atom. The molecule has 0 unspecified atom stereocenters. The number of rotatable bonds is 9. The molecular weight excluding hydrogens is 500 g/mol. The monoisotopic (exact) mass is 536 g/mol. The molecule has 2 aliphatic rings. The van der Waals surface area contributed by atoms with E-state index in [4.69, 9.17) is 0 Å². The third-order valence-corrected chi connectivity index (χ3v) is 7.83. The van der Waals surface area contributed by atoms with E-state index in [-0.39, 0.29) is 11.8 Å². The number of anilines is 2. The number of aryl methyl sites for hydroxylation is 1. The Morgan fingerprint density at radius 2 is 1.75 bits per heavy atom. The fourth-order valence-electron chi connectivity index (χ4n) is 4.91. The Bertz CT molecular complexity index is 1420. The van der Waals surface area contributed by atoms with E-state index < -0.39 is 0 Å². The highest BCUT2D eigenvalue weighted by Crippen LogP contribution is 2.30. The number of benzene rings is 2. The van der Waals surface area contributed by atoms with Crippen molar-refractivity contribution in [2.24, 2.45) is 5.10 Å². The number of aromatic nitrogens is 1. The molecule has 1 aliphatic carbocycles. The van der Waals surface area contributed by atoms with Crippen molar-refractivity contribution in [3.05, 3.63) is 94.8 Å². The van der Waals surface area contributed by atoms with Crippen LogP contribution in [0.3, 0.4) is 0 Å². The zero-order valence-corrected chi connectivity index (χ0v) is 23.4. The lowest BCUT2D eigenvalue weighted by Gasteiger charge is -2.39. The summed E-state index contributed by atoms with van der Waals surface area (Å²) in [6, 6.07) is 18.0. The third-order valence-electron chi connectivity index (χ3n) is 7.83. The van der Waals surface area contributed by atoms with Crippen LogP contribution in [0.1, 0.15) is 69.5 Å². The van der Waals surface area contributed by atoms with Gasteiger partial charge in [-0.2, -0.15) is 5.10 Å². The van der Waals surface area contributed by atoms with E-state index in [1.165, 1.54) is 12.0 Å². The molecule has 2 amide bonds. The smallest absolute Gasteiger partial charge is 0.257 e. The largest absolute Gasteiger partial charge is 0.367 e. The average Bonchev–Trinajstić information content (AvgIpc) is 2.91. The van der Waals surface area contributed by atoms with Crippen LogP contribution < -0.4 is 10.6 Å². The molecule has 1 saturated carbocycles. The number of amides is 2. The van der Waals surface area contributed by atoms with Crippen LogP contribution in [-0.4, -0.2) is 59.6 Å². The molecule has 206 valence electrons. The van der Waals surface area contributed by atoms with Crippen molar-refractivity contribution >= 4 is 35.6 Å². The molecule has 2 heterocycles. The molecule has 2 N–H and O–H groups in total. The molecule has 0 spiro atoms. The van der Waals surface area contributed by atoms with E-state index in [1.807, 2.05) is 50.2 Å². The minimum atomic E-state index is -0.250. The van der Waals surface area contributed by atoms with Gasteiger partial charge in [-0.15, -0.1) is 0 Å². The second-order valence-electron chi connectivity index (χ2n) is 10.7. The van der Waals surface area contributed by atoms with Crippen LogP contribution in [0.2, 0.25) is 0 Å². The van der Waals surface area contributed by atoms with Crippen molar-refractivity contribution in [2.45, 2.75) is 45.1 Å². The Hall–Kier alpha value is -4.46. The van der Waals surface area contributed by atoms with E-state index in [0.717, 1.165) is 35.4 Å². The Balaban J connectivity index is 1.18. The Labute approximate surface area is 235 Å². The van der Waals surface area contributed by atoms with E-state index in [0.29, 0.717) is 41.9 Å². The number of pyridine rings is 1. The summed E-state index contributed by atoms with van der Waals surface area (Å²) in [6.45, 7) is 8.82. The van der Waals surface area contributed by atoms with E-state index in [1.54, 1.807) is 23.3 Å². The van der Waals surface area contributed by atoms with Gasteiger partial charge < -0.3 is 15.5 Å². The molecule has 0 bridgehead atoms. The van der Waals surface area contributed by atoms with Crippen LogP contribution in [0.25, 0.3) is 5.57 Å². The molecule has 0 radical (unpaired) electrons. The zero-order chi connectivity index (χ0) is 28.2. The van der Waals surface area contributed by atoms with Gasteiger partial charge in [0.25, 0.3) is 11.8 Å². The maximum Gasteiger partial charge on any atom is 0.257 e. The first kappa shape index (κ1) is 27.1. The van der Waals surface area contributed by atoms with Gasteiger partial charge in [-0.05, 0) is 79.6 Å². The summed E-state index contributed by atoms with van der Waals surface area (Å²) in [6.07, 6.45) is 7.09. The lowest BCUT2D eigenvalue weighted by atomic mass is 9.89. The third kappa shape index (κ3) is 6.06. The van der Waals surface area contributed by atoms with Crippen LogP contribution in [0.4, 0.5) is 11.5 Å². The predicted molar refractivity (Wildman–Crippen MR) is 161 cm³/mol. The summed E-state index contributed by atoms with van der Waals surface area (Å²) in [5.74, 6) is 0.809. The fourth-order valence-corrected chi connectivity index (χ4v) is 4.91. The van der Waals surface area contributed by atoms with Gasteiger partial charge in [0, 0.05) is 62.5 Å². The number of likely N-dealkylation sites (tertiary alicyclic amines) is 1. The molecule has 0 atom stereocenters. The van der Waals surface area contributed by atoms with Crippen LogP contribution >= 0.6 is 0 Å². The second kappa shape index (κ2) is 11.7.